The molecule has 1 aliphatic rings. The van der Waals surface area contributed by atoms with E-state index in [9.17, 15) is 9.59 Å². The zero-order valence-corrected chi connectivity index (χ0v) is 20.5. The van der Waals surface area contributed by atoms with Gasteiger partial charge < -0.3 is 29.3 Å². The molecule has 8 nitrogen and oxygen atoms in total. The molecular formula is C26H35N3O5. The van der Waals surface area contributed by atoms with Gasteiger partial charge in [-0.2, -0.15) is 0 Å². The van der Waals surface area contributed by atoms with E-state index in [0.717, 1.165) is 22.6 Å². The van der Waals surface area contributed by atoms with E-state index in [0.29, 0.717) is 39.1 Å². The SMILES string of the molecule is COc1cc(N2CCN(C(=O)OCc3ccccc3)CC2)ccc1CCNC(=O)OC(C)(C)C. The Kier molecular flexibility index (Phi) is 8.62. The Bertz CT molecular complexity index is 951. The monoisotopic (exact) mass is 469 g/mol. The quantitative estimate of drug-likeness (QED) is 0.654. The van der Waals surface area contributed by atoms with Crippen LogP contribution in [0.2, 0.25) is 0 Å². The Labute approximate surface area is 201 Å². The van der Waals surface area contributed by atoms with Gasteiger partial charge in [0.1, 0.15) is 18.0 Å². The molecule has 0 unspecified atom stereocenters. The Morgan fingerprint density at radius 1 is 1.00 bits per heavy atom. The lowest BCUT2D eigenvalue weighted by molar-refractivity contribution is 0.0528. The van der Waals surface area contributed by atoms with E-state index in [1.807, 2.05) is 63.2 Å². The van der Waals surface area contributed by atoms with Gasteiger partial charge in [-0.15, -0.1) is 0 Å². The van der Waals surface area contributed by atoms with Crippen LogP contribution >= 0.6 is 0 Å². The summed E-state index contributed by atoms with van der Waals surface area (Å²) in [6.07, 6.45) is -0.0823. The van der Waals surface area contributed by atoms with Gasteiger partial charge in [-0.05, 0) is 44.4 Å². The molecule has 0 atom stereocenters. The molecule has 3 rings (SSSR count). The number of nitrogens with zero attached hydrogens (tertiary/aromatic N) is 2. The summed E-state index contributed by atoms with van der Waals surface area (Å²) in [6, 6.07) is 15.8. The van der Waals surface area contributed by atoms with Crippen LogP contribution in [-0.2, 0) is 22.5 Å². The first-order valence-electron chi connectivity index (χ1n) is 11.6. The highest BCUT2D eigenvalue weighted by Crippen LogP contribution is 2.27. The molecule has 0 bridgehead atoms. The molecule has 1 aliphatic heterocycles. The predicted molar refractivity (Wildman–Crippen MR) is 131 cm³/mol. The highest BCUT2D eigenvalue weighted by atomic mass is 16.6. The summed E-state index contributed by atoms with van der Waals surface area (Å²) >= 11 is 0. The maximum atomic E-state index is 12.4. The third-order valence-electron chi connectivity index (χ3n) is 5.44. The molecule has 0 saturated carbocycles. The van der Waals surface area contributed by atoms with E-state index in [1.54, 1.807) is 12.0 Å². The first kappa shape index (κ1) is 25.2. The van der Waals surface area contributed by atoms with Crippen molar-refractivity contribution in [1.29, 1.82) is 0 Å². The third-order valence-corrected chi connectivity index (χ3v) is 5.44. The maximum absolute atomic E-state index is 12.4. The molecule has 34 heavy (non-hydrogen) atoms. The number of ether oxygens (including phenoxy) is 3. The lowest BCUT2D eigenvalue weighted by Crippen LogP contribution is -2.48. The number of amides is 2. The van der Waals surface area contributed by atoms with Gasteiger partial charge in [0.2, 0.25) is 0 Å². The summed E-state index contributed by atoms with van der Waals surface area (Å²) in [6.45, 7) is 8.85. The smallest absolute Gasteiger partial charge is 0.410 e. The number of hydrogen-bond acceptors (Lipinski definition) is 6. The number of carbonyl (C=O) groups excluding carboxylic acids is 2. The number of methoxy groups -OCH3 is 1. The van der Waals surface area contributed by atoms with Crippen LogP contribution in [-0.4, -0.2) is 62.5 Å². The standard InChI is InChI=1S/C26H35N3O5/c1-26(2,3)34-24(30)27-13-12-21-10-11-22(18-23(21)32-4)28-14-16-29(17-15-28)25(31)33-19-20-8-6-5-7-9-20/h5-11,18H,12-17,19H2,1-4H3,(H,27,30). The minimum absolute atomic E-state index is 0.279. The Balaban J connectivity index is 1.48. The van der Waals surface area contributed by atoms with Gasteiger partial charge >= 0.3 is 12.2 Å². The summed E-state index contributed by atoms with van der Waals surface area (Å²) in [5, 5.41) is 2.78. The fourth-order valence-electron chi connectivity index (χ4n) is 3.71. The molecule has 8 heteroatoms. The topological polar surface area (TPSA) is 80.3 Å². The molecular weight excluding hydrogens is 434 g/mol. The summed E-state index contributed by atoms with van der Waals surface area (Å²) in [7, 11) is 1.64. The molecule has 1 fully saturated rings. The molecule has 0 radical (unpaired) electrons. The number of carbonyl (C=O) groups is 2. The van der Waals surface area contributed by atoms with Crippen molar-refractivity contribution in [1.82, 2.24) is 10.2 Å². The van der Waals surface area contributed by atoms with Crippen LogP contribution in [0.4, 0.5) is 15.3 Å². The molecule has 0 aliphatic carbocycles. The van der Waals surface area contributed by atoms with E-state index in [4.69, 9.17) is 14.2 Å². The number of benzene rings is 2. The summed E-state index contributed by atoms with van der Waals surface area (Å²) < 4.78 is 16.3. The number of piperazine rings is 1. The number of nitrogens with one attached hydrogen (secondary N) is 1. The van der Waals surface area contributed by atoms with Crippen LogP contribution in [0.5, 0.6) is 5.75 Å². The van der Waals surface area contributed by atoms with E-state index in [-0.39, 0.29) is 12.7 Å². The van der Waals surface area contributed by atoms with Crippen LogP contribution < -0.4 is 15.0 Å². The molecule has 1 N–H and O–H groups in total. The minimum atomic E-state index is -0.522. The molecule has 1 heterocycles. The second kappa shape index (κ2) is 11.6. The van der Waals surface area contributed by atoms with Gasteiger partial charge in [0.05, 0.1) is 7.11 Å². The Morgan fingerprint density at radius 3 is 2.35 bits per heavy atom. The molecule has 2 amide bonds. The average Bonchev–Trinajstić information content (AvgIpc) is 2.82. The van der Waals surface area contributed by atoms with Gasteiger partial charge in [0, 0.05) is 44.5 Å². The van der Waals surface area contributed by atoms with E-state index in [1.165, 1.54) is 0 Å². The van der Waals surface area contributed by atoms with Crippen molar-refractivity contribution in [2.24, 2.45) is 0 Å². The van der Waals surface area contributed by atoms with Crippen molar-refractivity contribution in [3.05, 3.63) is 59.7 Å². The first-order valence-corrected chi connectivity index (χ1v) is 11.6. The second-order valence-corrected chi connectivity index (χ2v) is 9.19. The van der Waals surface area contributed by atoms with E-state index < -0.39 is 11.7 Å². The molecule has 1 saturated heterocycles. The fourth-order valence-corrected chi connectivity index (χ4v) is 3.71. The van der Waals surface area contributed by atoms with Crippen molar-refractivity contribution < 1.29 is 23.8 Å². The van der Waals surface area contributed by atoms with Crippen LogP contribution in [0.15, 0.2) is 48.5 Å². The van der Waals surface area contributed by atoms with Crippen LogP contribution in [0, 0.1) is 0 Å². The van der Waals surface area contributed by atoms with Crippen molar-refractivity contribution in [2.45, 2.75) is 39.4 Å². The van der Waals surface area contributed by atoms with Crippen molar-refractivity contribution >= 4 is 17.9 Å². The lowest BCUT2D eigenvalue weighted by Gasteiger charge is -2.35. The Morgan fingerprint density at radius 2 is 1.71 bits per heavy atom. The molecule has 0 spiro atoms. The zero-order chi connectivity index (χ0) is 24.6. The highest BCUT2D eigenvalue weighted by Gasteiger charge is 2.23. The van der Waals surface area contributed by atoms with Crippen molar-refractivity contribution in [3.63, 3.8) is 0 Å². The lowest BCUT2D eigenvalue weighted by atomic mass is 10.1. The van der Waals surface area contributed by atoms with Gasteiger partial charge in [-0.25, -0.2) is 9.59 Å². The van der Waals surface area contributed by atoms with E-state index >= 15 is 0 Å². The molecule has 184 valence electrons. The van der Waals surface area contributed by atoms with Gasteiger partial charge in [0.25, 0.3) is 0 Å². The molecule has 2 aromatic rings. The normalized spacial score (nSPS) is 13.9. The third kappa shape index (κ3) is 7.57. The first-order chi connectivity index (χ1) is 16.2. The van der Waals surface area contributed by atoms with E-state index in [2.05, 4.69) is 16.3 Å². The highest BCUT2D eigenvalue weighted by molar-refractivity contribution is 5.68. The zero-order valence-electron chi connectivity index (χ0n) is 20.5. The predicted octanol–water partition coefficient (Wildman–Crippen LogP) is 4.22. The average molecular weight is 470 g/mol. The number of rotatable bonds is 7. The van der Waals surface area contributed by atoms with Gasteiger partial charge in [-0.3, -0.25) is 0 Å². The van der Waals surface area contributed by atoms with Crippen LogP contribution in [0.3, 0.4) is 0 Å². The van der Waals surface area contributed by atoms with Gasteiger partial charge in [-0.1, -0.05) is 36.4 Å². The summed E-state index contributed by atoms with van der Waals surface area (Å²) in [5.41, 5.74) is 2.50. The number of alkyl carbamates (subject to hydrolysis) is 1. The van der Waals surface area contributed by atoms with Crippen LogP contribution in [0.25, 0.3) is 0 Å². The maximum Gasteiger partial charge on any atom is 0.410 e. The number of hydrogen-bond donors (Lipinski definition) is 1. The second-order valence-electron chi connectivity index (χ2n) is 9.19. The number of anilines is 1. The van der Waals surface area contributed by atoms with Crippen molar-refractivity contribution in [2.75, 3.05) is 44.7 Å². The Hall–Kier alpha value is -3.42. The van der Waals surface area contributed by atoms with Gasteiger partial charge in [0.15, 0.2) is 0 Å². The summed E-state index contributed by atoms with van der Waals surface area (Å²) in [5.74, 6) is 0.771. The summed E-state index contributed by atoms with van der Waals surface area (Å²) in [4.78, 5) is 28.2. The largest absolute Gasteiger partial charge is 0.496 e. The van der Waals surface area contributed by atoms with Crippen molar-refractivity contribution in [3.8, 4) is 5.75 Å². The minimum Gasteiger partial charge on any atom is -0.496 e. The fraction of sp³-hybridized carbons (Fsp3) is 0.462. The molecule has 2 aromatic carbocycles. The molecule has 0 aromatic heterocycles. The van der Waals surface area contributed by atoms with Crippen LogP contribution in [0.1, 0.15) is 31.9 Å².